The standard InChI is InChI=1S/C21H30N2O9.CH3N/c1-4-20(28)31-12-15(13-32-21(29)5-2)30-10-6-7-17(25)22-11-16(24)14(3)23-18(26)8-9-19(23)27;1-2/h8-9,14-15H,4-7,10-13H2,1-3H3,(H,22,25);2H,1H2. The van der Waals surface area contributed by atoms with Gasteiger partial charge in [0.1, 0.15) is 19.3 Å². The van der Waals surface area contributed by atoms with Crippen LogP contribution in [0.3, 0.4) is 0 Å². The molecule has 1 atom stereocenters. The van der Waals surface area contributed by atoms with Gasteiger partial charge < -0.3 is 24.9 Å². The molecule has 0 aromatic heterocycles. The minimum atomic E-state index is -0.981. The van der Waals surface area contributed by atoms with Crippen LogP contribution in [0.5, 0.6) is 0 Å². The number of carbonyl (C=O) groups is 6. The van der Waals surface area contributed by atoms with Crippen molar-refractivity contribution in [2.24, 2.45) is 0 Å². The van der Waals surface area contributed by atoms with E-state index in [1.807, 2.05) is 0 Å². The van der Waals surface area contributed by atoms with Crippen molar-refractivity contribution in [3.63, 3.8) is 0 Å². The topological polar surface area (TPSA) is 169 Å². The average molecular weight is 484 g/mol. The molecule has 34 heavy (non-hydrogen) atoms. The Hall–Kier alpha value is -3.41. The number of hydrogen-bond donors (Lipinski definition) is 2. The highest BCUT2D eigenvalue weighted by atomic mass is 16.6. The summed E-state index contributed by atoms with van der Waals surface area (Å²) in [6.07, 6.45) is 2.29. The Kier molecular flexibility index (Phi) is 15.4. The number of rotatable bonds is 15. The molecule has 1 heterocycles. The van der Waals surface area contributed by atoms with E-state index in [9.17, 15) is 28.8 Å². The second-order valence-corrected chi connectivity index (χ2v) is 6.97. The lowest BCUT2D eigenvalue weighted by atomic mass is 10.2. The first-order valence-electron chi connectivity index (χ1n) is 10.8. The van der Waals surface area contributed by atoms with E-state index in [4.69, 9.17) is 19.6 Å². The lowest BCUT2D eigenvalue weighted by Crippen LogP contribution is -2.46. The number of imide groups is 1. The van der Waals surface area contributed by atoms with Gasteiger partial charge in [0.05, 0.1) is 12.6 Å². The summed E-state index contributed by atoms with van der Waals surface area (Å²) in [5.41, 5.74) is 0. The zero-order valence-corrected chi connectivity index (χ0v) is 19.8. The Bertz CT molecular complexity index is 729. The average Bonchev–Trinajstić information content (AvgIpc) is 3.18. The molecule has 190 valence electrons. The van der Waals surface area contributed by atoms with Crippen molar-refractivity contribution in [1.29, 1.82) is 5.41 Å². The number of esters is 2. The molecule has 0 spiro atoms. The number of hydrogen-bond acceptors (Lipinski definition) is 10. The maximum atomic E-state index is 12.2. The van der Waals surface area contributed by atoms with E-state index in [1.54, 1.807) is 13.8 Å². The van der Waals surface area contributed by atoms with Crippen LogP contribution in [-0.4, -0.2) is 85.6 Å². The van der Waals surface area contributed by atoms with Gasteiger partial charge in [-0.3, -0.25) is 33.7 Å². The molecule has 1 unspecified atom stereocenters. The quantitative estimate of drug-likeness (QED) is 0.144. The molecule has 0 aromatic carbocycles. The van der Waals surface area contributed by atoms with E-state index in [-0.39, 0.29) is 45.6 Å². The zero-order chi connectivity index (χ0) is 26.1. The van der Waals surface area contributed by atoms with Crippen molar-refractivity contribution >= 4 is 42.2 Å². The van der Waals surface area contributed by atoms with Crippen LogP contribution in [-0.2, 0) is 43.0 Å². The van der Waals surface area contributed by atoms with Crippen LogP contribution in [0.4, 0.5) is 0 Å². The molecule has 2 N–H and O–H groups in total. The molecular weight excluding hydrogens is 450 g/mol. The summed E-state index contributed by atoms with van der Waals surface area (Å²) in [5.74, 6) is -2.84. The molecule has 0 saturated carbocycles. The van der Waals surface area contributed by atoms with Gasteiger partial charge in [-0.25, -0.2) is 0 Å². The van der Waals surface area contributed by atoms with Crippen LogP contribution < -0.4 is 5.32 Å². The zero-order valence-electron chi connectivity index (χ0n) is 19.8. The third kappa shape index (κ3) is 11.5. The molecule has 1 rings (SSSR count). The predicted octanol–water partition coefficient (Wildman–Crippen LogP) is 0.323. The highest BCUT2D eigenvalue weighted by molar-refractivity contribution is 6.15. The summed E-state index contributed by atoms with van der Waals surface area (Å²) in [4.78, 5) is 70.8. The van der Waals surface area contributed by atoms with E-state index in [0.717, 1.165) is 17.1 Å². The van der Waals surface area contributed by atoms with Gasteiger partial charge in [0.25, 0.3) is 11.8 Å². The van der Waals surface area contributed by atoms with E-state index < -0.39 is 47.6 Å². The fraction of sp³-hybridized carbons (Fsp3) is 0.591. The van der Waals surface area contributed by atoms with Gasteiger partial charge in [-0.05, 0) is 20.1 Å². The fourth-order valence-electron chi connectivity index (χ4n) is 2.56. The summed E-state index contributed by atoms with van der Waals surface area (Å²) >= 11 is 0. The number of carbonyl (C=O) groups excluding carboxylic acids is 6. The Morgan fingerprint density at radius 2 is 1.50 bits per heavy atom. The summed E-state index contributed by atoms with van der Waals surface area (Å²) in [6.45, 7) is 6.88. The molecule has 0 saturated heterocycles. The largest absolute Gasteiger partial charge is 0.463 e. The van der Waals surface area contributed by atoms with Crippen molar-refractivity contribution in [1.82, 2.24) is 10.2 Å². The number of ether oxygens (including phenoxy) is 3. The lowest BCUT2D eigenvalue weighted by Gasteiger charge is -2.21. The van der Waals surface area contributed by atoms with Crippen LogP contribution in [0.1, 0.15) is 46.5 Å². The van der Waals surface area contributed by atoms with Gasteiger partial charge in [0.15, 0.2) is 5.78 Å². The van der Waals surface area contributed by atoms with Gasteiger partial charge in [0, 0.05) is 38.0 Å². The van der Waals surface area contributed by atoms with E-state index >= 15 is 0 Å². The third-order valence-electron chi connectivity index (χ3n) is 4.50. The molecule has 3 amide bonds. The van der Waals surface area contributed by atoms with Gasteiger partial charge in [-0.15, -0.1) is 0 Å². The molecule has 1 aliphatic rings. The van der Waals surface area contributed by atoms with Crippen LogP contribution in [0.15, 0.2) is 12.2 Å². The monoisotopic (exact) mass is 483 g/mol. The molecule has 12 nitrogen and oxygen atoms in total. The number of amides is 3. The summed E-state index contributed by atoms with van der Waals surface area (Å²) in [5, 5.41) is 7.95. The van der Waals surface area contributed by atoms with E-state index in [1.165, 1.54) is 6.92 Å². The third-order valence-corrected chi connectivity index (χ3v) is 4.50. The van der Waals surface area contributed by atoms with Crippen molar-refractivity contribution in [3.8, 4) is 0 Å². The van der Waals surface area contributed by atoms with Crippen LogP contribution in [0.2, 0.25) is 0 Å². The van der Waals surface area contributed by atoms with Crippen molar-refractivity contribution in [3.05, 3.63) is 12.2 Å². The van der Waals surface area contributed by atoms with Crippen LogP contribution in [0, 0.1) is 5.41 Å². The number of Topliss-reactive ketones (excluding diaryl/α,β-unsaturated/α-hetero) is 1. The van der Waals surface area contributed by atoms with Crippen molar-refractivity contribution in [2.75, 3.05) is 26.4 Å². The SMILES string of the molecule is C=N.CCC(=O)OCC(COC(=O)CC)OCCCC(=O)NCC(=O)C(C)N1C(=O)C=CC1=O. The Labute approximate surface area is 198 Å². The molecule has 1 aliphatic heterocycles. The maximum absolute atomic E-state index is 12.2. The second kappa shape index (κ2) is 17.1. The summed E-state index contributed by atoms with van der Waals surface area (Å²) in [6, 6.07) is -0.981. The first kappa shape index (κ1) is 30.6. The first-order chi connectivity index (χ1) is 16.2. The number of nitrogens with zero attached hydrogens (tertiary/aromatic N) is 1. The van der Waals surface area contributed by atoms with E-state index in [2.05, 4.69) is 12.0 Å². The molecule has 0 fully saturated rings. The van der Waals surface area contributed by atoms with Crippen molar-refractivity contribution in [2.45, 2.75) is 58.6 Å². The van der Waals surface area contributed by atoms with Gasteiger partial charge in [-0.2, -0.15) is 0 Å². The Balaban J connectivity index is 0.00000529. The summed E-state index contributed by atoms with van der Waals surface area (Å²) in [7, 11) is 0. The van der Waals surface area contributed by atoms with Crippen LogP contribution in [0.25, 0.3) is 0 Å². The molecule has 0 bridgehead atoms. The van der Waals surface area contributed by atoms with E-state index in [0.29, 0.717) is 6.42 Å². The second-order valence-electron chi connectivity index (χ2n) is 6.97. The highest BCUT2D eigenvalue weighted by Crippen LogP contribution is 2.09. The fourth-order valence-corrected chi connectivity index (χ4v) is 2.56. The molecule has 0 aliphatic carbocycles. The number of nitrogens with one attached hydrogen (secondary N) is 2. The Morgan fingerprint density at radius 1 is 1.00 bits per heavy atom. The maximum Gasteiger partial charge on any atom is 0.305 e. The van der Waals surface area contributed by atoms with Gasteiger partial charge >= 0.3 is 11.9 Å². The predicted molar refractivity (Wildman–Crippen MR) is 120 cm³/mol. The Morgan fingerprint density at radius 3 is 1.97 bits per heavy atom. The van der Waals surface area contributed by atoms with Gasteiger partial charge in [-0.1, -0.05) is 13.8 Å². The molecule has 0 radical (unpaired) electrons. The molecule has 0 aromatic rings. The van der Waals surface area contributed by atoms with Crippen LogP contribution >= 0.6 is 0 Å². The minimum absolute atomic E-state index is 0.0566. The smallest absolute Gasteiger partial charge is 0.305 e. The highest BCUT2D eigenvalue weighted by Gasteiger charge is 2.32. The summed E-state index contributed by atoms with van der Waals surface area (Å²) < 4.78 is 15.6. The van der Waals surface area contributed by atoms with Gasteiger partial charge in [0.2, 0.25) is 5.91 Å². The first-order valence-corrected chi connectivity index (χ1v) is 10.8. The lowest BCUT2D eigenvalue weighted by molar-refractivity contribution is -0.155. The molecule has 12 heteroatoms. The molecular formula is C22H33N3O9. The minimum Gasteiger partial charge on any atom is -0.463 e. The number of ketones is 1. The normalized spacial score (nSPS) is 13.2. The van der Waals surface area contributed by atoms with Crippen molar-refractivity contribution < 1.29 is 43.0 Å².